The molecule has 2 aromatic carbocycles. The minimum Gasteiger partial charge on any atom is -0.496 e. The van der Waals surface area contributed by atoms with Crippen molar-refractivity contribution in [1.29, 1.82) is 5.41 Å². The van der Waals surface area contributed by atoms with Crippen LogP contribution in [-0.2, 0) is 10.0 Å². The fraction of sp³-hybridized carbons (Fsp3) is 0.385. The maximum atomic E-state index is 13.3. The van der Waals surface area contributed by atoms with Gasteiger partial charge in [-0.3, -0.25) is 10.2 Å². The van der Waals surface area contributed by atoms with E-state index in [1.54, 1.807) is 41.3 Å². The highest BCUT2D eigenvalue weighted by molar-refractivity contribution is 7.91. The Morgan fingerprint density at radius 2 is 1.68 bits per heavy atom. The molecule has 0 radical (unpaired) electrons. The van der Waals surface area contributed by atoms with Gasteiger partial charge in [0.15, 0.2) is 0 Å². The van der Waals surface area contributed by atoms with Crippen LogP contribution >= 0.6 is 22.9 Å². The second kappa shape index (κ2) is 10.6. The Bertz CT molecular complexity index is 1440. The lowest BCUT2D eigenvalue weighted by Gasteiger charge is -2.34. The quantitative estimate of drug-likeness (QED) is 0.366. The summed E-state index contributed by atoms with van der Waals surface area (Å²) in [5.41, 5.74) is 1.13. The number of fused-ring (bicyclic) bond motifs is 1. The first-order chi connectivity index (χ1) is 17.8. The van der Waals surface area contributed by atoms with E-state index in [1.165, 1.54) is 29.2 Å². The summed E-state index contributed by atoms with van der Waals surface area (Å²) in [7, 11) is -2.15. The fourth-order valence-electron chi connectivity index (χ4n) is 4.85. The summed E-state index contributed by atoms with van der Waals surface area (Å²) in [6.07, 6.45) is 3.35. The van der Waals surface area contributed by atoms with Crippen molar-refractivity contribution in [2.24, 2.45) is 0 Å². The molecule has 3 aromatic rings. The zero-order valence-corrected chi connectivity index (χ0v) is 23.0. The van der Waals surface area contributed by atoms with E-state index in [1.807, 2.05) is 6.07 Å². The second-order valence-corrected chi connectivity index (χ2v) is 12.9. The third-order valence-electron chi connectivity index (χ3n) is 6.96. The van der Waals surface area contributed by atoms with Crippen LogP contribution in [0.2, 0.25) is 5.02 Å². The number of likely N-dealkylation sites (tertiary alicyclic amines) is 1. The number of amides is 1. The number of benzene rings is 2. The predicted octanol–water partition coefficient (Wildman–Crippen LogP) is 4.52. The van der Waals surface area contributed by atoms with Gasteiger partial charge in [-0.15, -0.1) is 11.3 Å². The maximum absolute atomic E-state index is 13.3. The van der Waals surface area contributed by atoms with Crippen LogP contribution in [0.5, 0.6) is 5.75 Å². The number of methoxy groups -OCH3 is 1. The van der Waals surface area contributed by atoms with Crippen LogP contribution < -0.4 is 4.74 Å². The molecule has 1 amide bonds. The van der Waals surface area contributed by atoms with Crippen molar-refractivity contribution in [3.8, 4) is 5.75 Å². The Morgan fingerprint density at radius 3 is 2.38 bits per heavy atom. The lowest BCUT2D eigenvalue weighted by molar-refractivity contribution is 0.0694. The molecule has 3 heterocycles. The highest BCUT2D eigenvalue weighted by Gasteiger charge is 2.32. The number of hydrogen-bond acceptors (Lipinski definition) is 6. The van der Waals surface area contributed by atoms with Crippen molar-refractivity contribution in [3.05, 3.63) is 58.6 Å². The first-order valence-electron chi connectivity index (χ1n) is 12.3. The number of hydrogen-bond donors (Lipinski definition) is 1. The smallest absolute Gasteiger partial charge is 0.257 e. The Hall–Kier alpha value is -2.66. The minimum atomic E-state index is -3.67. The number of amidine groups is 1. The van der Waals surface area contributed by atoms with E-state index in [2.05, 4.69) is 4.90 Å². The SMILES string of the molecule is COc1cc(C(=N)N2CCCCC2)ccc1C(=O)N1CCN(S(=O)(=O)c2cc3ccc(Cl)cc3s2)CC1. The second-order valence-electron chi connectivity index (χ2n) is 9.26. The Labute approximate surface area is 225 Å². The van der Waals surface area contributed by atoms with E-state index >= 15 is 0 Å². The monoisotopic (exact) mass is 560 g/mol. The molecule has 2 fully saturated rings. The zero-order valence-electron chi connectivity index (χ0n) is 20.6. The molecule has 196 valence electrons. The van der Waals surface area contributed by atoms with E-state index < -0.39 is 10.0 Å². The Balaban J connectivity index is 1.27. The van der Waals surface area contributed by atoms with Crippen LogP contribution in [-0.4, -0.2) is 80.6 Å². The molecule has 0 atom stereocenters. The number of nitrogens with zero attached hydrogens (tertiary/aromatic N) is 3. The van der Waals surface area contributed by atoms with E-state index in [-0.39, 0.29) is 36.3 Å². The van der Waals surface area contributed by atoms with Crippen molar-refractivity contribution in [1.82, 2.24) is 14.1 Å². The van der Waals surface area contributed by atoms with Crippen LogP contribution in [0.25, 0.3) is 10.1 Å². The van der Waals surface area contributed by atoms with Gasteiger partial charge in [0, 0.05) is 54.6 Å². The number of piperidine rings is 1. The Morgan fingerprint density at radius 1 is 0.946 bits per heavy atom. The third kappa shape index (κ3) is 5.20. The summed E-state index contributed by atoms with van der Waals surface area (Å²) in [5, 5.41) is 9.98. The normalized spacial score (nSPS) is 17.2. The van der Waals surface area contributed by atoms with Crippen LogP contribution in [0, 0.1) is 5.41 Å². The molecule has 2 aliphatic heterocycles. The van der Waals surface area contributed by atoms with Crippen molar-refractivity contribution in [3.63, 3.8) is 0 Å². The fourth-order valence-corrected chi connectivity index (χ4v) is 8.10. The number of piperazine rings is 1. The highest BCUT2D eigenvalue weighted by Crippen LogP contribution is 2.33. The molecule has 11 heteroatoms. The van der Waals surface area contributed by atoms with Crippen LogP contribution in [0.15, 0.2) is 46.7 Å². The molecule has 8 nitrogen and oxygen atoms in total. The number of ether oxygens (including phenoxy) is 1. The standard InChI is InChI=1S/C26H29ClN4O4S2/c1-35-22-15-19(25(28)29-9-3-2-4-10-29)6-8-21(22)26(32)30-11-13-31(14-12-30)37(33,34)24-16-18-5-7-20(27)17-23(18)36-24/h5-8,15-17,28H,2-4,9-14H2,1H3. The van der Waals surface area contributed by atoms with Gasteiger partial charge in [-0.1, -0.05) is 23.7 Å². The lowest BCUT2D eigenvalue weighted by atomic mass is 10.1. The van der Waals surface area contributed by atoms with Gasteiger partial charge in [-0.2, -0.15) is 4.31 Å². The largest absolute Gasteiger partial charge is 0.496 e. The van der Waals surface area contributed by atoms with Crippen LogP contribution in [0.1, 0.15) is 35.2 Å². The summed E-state index contributed by atoms with van der Waals surface area (Å²) in [6, 6.07) is 12.3. The van der Waals surface area contributed by atoms with Gasteiger partial charge in [-0.05, 0) is 55.0 Å². The molecule has 1 aromatic heterocycles. The predicted molar refractivity (Wildman–Crippen MR) is 147 cm³/mol. The van der Waals surface area contributed by atoms with E-state index in [0.717, 1.165) is 41.6 Å². The number of thiophene rings is 1. The first kappa shape index (κ1) is 26.0. The number of rotatable bonds is 5. The van der Waals surface area contributed by atoms with Gasteiger partial charge >= 0.3 is 0 Å². The molecule has 2 saturated heterocycles. The number of sulfonamides is 1. The van der Waals surface area contributed by atoms with Gasteiger partial charge in [-0.25, -0.2) is 8.42 Å². The van der Waals surface area contributed by atoms with E-state index in [9.17, 15) is 13.2 Å². The summed E-state index contributed by atoms with van der Waals surface area (Å²) < 4.78 is 34.6. The minimum absolute atomic E-state index is 0.207. The average Bonchev–Trinajstić information content (AvgIpc) is 3.36. The van der Waals surface area contributed by atoms with Gasteiger partial charge in [0.05, 0.1) is 12.7 Å². The number of nitrogens with one attached hydrogen (secondary N) is 1. The number of halogens is 1. The molecule has 0 aliphatic carbocycles. The summed E-state index contributed by atoms with van der Waals surface area (Å²) in [6.45, 7) is 2.72. The highest BCUT2D eigenvalue weighted by atomic mass is 35.5. The molecule has 0 saturated carbocycles. The zero-order chi connectivity index (χ0) is 26.2. The summed E-state index contributed by atoms with van der Waals surface area (Å²) >= 11 is 7.26. The number of carbonyl (C=O) groups is 1. The van der Waals surface area contributed by atoms with Crippen molar-refractivity contribution in [2.45, 2.75) is 23.5 Å². The van der Waals surface area contributed by atoms with Crippen molar-refractivity contribution >= 4 is 54.8 Å². The average molecular weight is 561 g/mol. The van der Waals surface area contributed by atoms with Gasteiger partial charge < -0.3 is 14.5 Å². The number of carbonyl (C=O) groups excluding carboxylic acids is 1. The molecule has 5 rings (SSSR count). The summed E-state index contributed by atoms with van der Waals surface area (Å²) in [4.78, 5) is 17.1. The van der Waals surface area contributed by atoms with Gasteiger partial charge in [0.1, 0.15) is 15.8 Å². The van der Waals surface area contributed by atoms with Crippen molar-refractivity contribution in [2.75, 3.05) is 46.4 Å². The van der Waals surface area contributed by atoms with Crippen LogP contribution in [0.3, 0.4) is 0 Å². The van der Waals surface area contributed by atoms with Crippen LogP contribution in [0.4, 0.5) is 0 Å². The van der Waals surface area contributed by atoms with Gasteiger partial charge in [0.25, 0.3) is 15.9 Å². The molecule has 2 aliphatic rings. The first-order valence-corrected chi connectivity index (χ1v) is 14.9. The molecular formula is C26H29ClN4O4S2. The van der Waals surface area contributed by atoms with E-state index in [0.29, 0.717) is 22.2 Å². The third-order valence-corrected chi connectivity index (χ3v) is 10.6. The lowest BCUT2D eigenvalue weighted by Crippen LogP contribution is -2.50. The Kier molecular flexibility index (Phi) is 7.44. The van der Waals surface area contributed by atoms with Gasteiger partial charge in [0.2, 0.25) is 0 Å². The molecule has 0 bridgehead atoms. The molecule has 1 N–H and O–H groups in total. The summed E-state index contributed by atoms with van der Waals surface area (Å²) in [5.74, 6) is 0.657. The van der Waals surface area contributed by atoms with E-state index in [4.69, 9.17) is 21.7 Å². The topological polar surface area (TPSA) is 94.0 Å². The molecule has 0 unspecified atom stereocenters. The molecular weight excluding hydrogens is 532 g/mol. The molecule has 37 heavy (non-hydrogen) atoms. The molecule has 0 spiro atoms. The van der Waals surface area contributed by atoms with Crippen molar-refractivity contribution < 1.29 is 17.9 Å². The maximum Gasteiger partial charge on any atom is 0.257 e.